The Labute approximate surface area is 137 Å². The van der Waals surface area contributed by atoms with Gasteiger partial charge in [-0.3, -0.25) is 0 Å². The molecule has 0 aliphatic heterocycles. The van der Waals surface area contributed by atoms with Gasteiger partial charge in [0.15, 0.2) is 0 Å². The van der Waals surface area contributed by atoms with Crippen LogP contribution in [0.5, 0.6) is 0 Å². The lowest BCUT2D eigenvalue weighted by Crippen LogP contribution is -2.28. The van der Waals surface area contributed by atoms with Gasteiger partial charge in [0, 0.05) is 0 Å². The summed E-state index contributed by atoms with van der Waals surface area (Å²) in [5, 5.41) is 19.7. The first kappa shape index (κ1) is 17.2. The quantitative estimate of drug-likeness (QED) is 0.736. The molecule has 0 bridgehead atoms. The lowest BCUT2D eigenvalue weighted by atomic mass is 10.2. The molecule has 0 saturated heterocycles. The molecule has 0 aromatic heterocycles. The molecule has 0 heterocycles. The Balaban J connectivity index is 1.70. The summed E-state index contributed by atoms with van der Waals surface area (Å²) in [5.41, 5.74) is 2.12. The standard InChI is InChI=1S/C20H22O3/c21-19(14-8-7-11-17-9-3-1-4-10-17)20(22)16-23-15-18-12-5-2-6-13-18/h1-14,19-22H,15-16H2/b11-7+,14-8+/t19-,20-/m0/s1. The molecule has 3 nitrogen and oxygen atoms in total. The van der Waals surface area contributed by atoms with Crippen molar-refractivity contribution in [3.8, 4) is 0 Å². The number of allylic oxidation sites excluding steroid dienone is 2. The molecule has 0 fully saturated rings. The van der Waals surface area contributed by atoms with Crippen molar-refractivity contribution in [2.24, 2.45) is 0 Å². The molecule has 0 radical (unpaired) electrons. The molecule has 0 spiro atoms. The Kier molecular flexibility index (Phi) is 7.27. The fourth-order valence-electron chi connectivity index (χ4n) is 2.01. The molecule has 2 rings (SSSR count). The molecule has 0 aliphatic rings. The summed E-state index contributed by atoms with van der Waals surface area (Å²) >= 11 is 0. The summed E-state index contributed by atoms with van der Waals surface area (Å²) in [4.78, 5) is 0. The Hall–Kier alpha value is -2.20. The Morgan fingerprint density at radius 2 is 1.52 bits per heavy atom. The highest BCUT2D eigenvalue weighted by atomic mass is 16.5. The first-order valence-corrected chi connectivity index (χ1v) is 7.63. The predicted octanol–water partition coefficient (Wildman–Crippen LogP) is 3.19. The maximum Gasteiger partial charge on any atom is 0.107 e. The van der Waals surface area contributed by atoms with Gasteiger partial charge in [0.05, 0.1) is 13.2 Å². The second-order valence-corrected chi connectivity index (χ2v) is 5.21. The maximum absolute atomic E-state index is 9.86. The van der Waals surface area contributed by atoms with Gasteiger partial charge in [-0.2, -0.15) is 0 Å². The van der Waals surface area contributed by atoms with E-state index in [1.165, 1.54) is 0 Å². The Morgan fingerprint density at radius 1 is 0.870 bits per heavy atom. The van der Waals surface area contributed by atoms with Crippen LogP contribution in [0.25, 0.3) is 6.08 Å². The number of ether oxygens (including phenoxy) is 1. The zero-order valence-electron chi connectivity index (χ0n) is 13.0. The third-order valence-electron chi connectivity index (χ3n) is 3.30. The van der Waals surface area contributed by atoms with Crippen LogP contribution in [-0.2, 0) is 11.3 Å². The van der Waals surface area contributed by atoms with Crippen molar-refractivity contribution in [1.82, 2.24) is 0 Å². The fraction of sp³-hybridized carbons (Fsp3) is 0.200. The molecule has 2 aromatic carbocycles. The maximum atomic E-state index is 9.86. The van der Waals surface area contributed by atoms with E-state index in [0.29, 0.717) is 6.61 Å². The molecule has 2 aromatic rings. The van der Waals surface area contributed by atoms with Gasteiger partial charge < -0.3 is 14.9 Å². The van der Waals surface area contributed by atoms with E-state index in [1.807, 2.05) is 72.8 Å². The molecular weight excluding hydrogens is 288 g/mol. The van der Waals surface area contributed by atoms with Crippen molar-refractivity contribution in [3.63, 3.8) is 0 Å². The van der Waals surface area contributed by atoms with Gasteiger partial charge in [-0.1, -0.05) is 85.0 Å². The summed E-state index contributed by atoms with van der Waals surface area (Å²) in [7, 11) is 0. The largest absolute Gasteiger partial charge is 0.388 e. The van der Waals surface area contributed by atoms with E-state index >= 15 is 0 Å². The molecule has 0 aliphatic carbocycles. The number of aliphatic hydroxyl groups excluding tert-OH is 2. The van der Waals surface area contributed by atoms with Crippen molar-refractivity contribution in [1.29, 1.82) is 0 Å². The van der Waals surface area contributed by atoms with E-state index in [-0.39, 0.29) is 6.61 Å². The fourth-order valence-corrected chi connectivity index (χ4v) is 2.01. The van der Waals surface area contributed by atoms with Crippen LogP contribution >= 0.6 is 0 Å². The van der Waals surface area contributed by atoms with Crippen molar-refractivity contribution in [3.05, 3.63) is 90.0 Å². The van der Waals surface area contributed by atoms with Crippen LogP contribution in [0.15, 0.2) is 78.9 Å². The molecule has 0 amide bonds. The predicted molar refractivity (Wildman–Crippen MR) is 92.7 cm³/mol. The molecule has 2 N–H and O–H groups in total. The number of hydrogen-bond acceptors (Lipinski definition) is 3. The van der Waals surface area contributed by atoms with Crippen LogP contribution in [0, 0.1) is 0 Å². The summed E-state index contributed by atoms with van der Waals surface area (Å²) in [6.07, 6.45) is 5.14. The van der Waals surface area contributed by atoms with Gasteiger partial charge >= 0.3 is 0 Å². The monoisotopic (exact) mass is 310 g/mol. The van der Waals surface area contributed by atoms with Gasteiger partial charge in [-0.15, -0.1) is 0 Å². The van der Waals surface area contributed by atoms with E-state index in [0.717, 1.165) is 11.1 Å². The van der Waals surface area contributed by atoms with E-state index in [1.54, 1.807) is 12.2 Å². The van der Waals surface area contributed by atoms with Gasteiger partial charge in [0.1, 0.15) is 12.2 Å². The Morgan fingerprint density at radius 3 is 2.22 bits per heavy atom. The van der Waals surface area contributed by atoms with Crippen LogP contribution < -0.4 is 0 Å². The second kappa shape index (κ2) is 9.74. The minimum Gasteiger partial charge on any atom is -0.388 e. The SMILES string of the molecule is O[C@@H](/C=C/C=C/c1ccccc1)[C@@H](O)COCc1ccccc1. The zero-order chi connectivity index (χ0) is 16.3. The zero-order valence-corrected chi connectivity index (χ0v) is 13.0. The average molecular weight is 310 g/mol. The molecule has 2 atom stereocenters. The lowest BCUT2D eigenvalue weighted by Gasteiger charge is -2.14. The summed E-state index contributed by atoms with van der Waals surface area (Å²) in [5.74, 6) is 0. The third-order valence-corrected chi connectivity index (χ3v) is 3.30. The highest BCUT2D eigenvalue weighted by molar-refractivity contribution is 5.50. The molecule has 0 unspecified atom stereocenters. The molecule has 3 heteroatoms. The minimum absolute atomic E-state index is 0.0861. The highest BCUT2D eigenvalue weighted by Gasteiger charge is 2.12. The second-order valence-electron chi connectivity index (χ2n) is 5.21. The number of rotatable bonds is 8. The first-order chi connectivity index (χ1) is 11.3. The van der Waals surface area contributed by atoms with E-state index in [4.69, 9.17) is 4.74 Å². The van der Waals surface area contributed by atoms with Crippen LogP contribution in [0.2, 0.25) is 0 Å². The van der Waals surface area contributed by atoms with Crippen molar-refractivity contribution in [2.75, 3.05) is 6.61 Å². The van der Waals surface area contributed by atoms with Gasteiger partial charge in [0.25, 0.3) is 0 Å². The van der Waals surface area contributed by atoms with E-state index < -0.39 is 12.2 Å². The van der Waals surface area contributed by atoms with Crippen molar-refractivity contribution in [2.45, 2.75) is 18.8 Å². The number of benzene rings is 2. The van der Waals surface area contributed by atoms with Gasteiger partial charge in [-0.25, -0.2) is 0 Å². The smallest absolute Gasteiger partial charge is 0.107 e. The van der Waals surface area contributed by atoms with Crippen LogP contribution in [0.1, 0.15) is 11.1 Å². The van der Waals surface area contributed by atoms with E-state index in [9.17, 15) is 10.2 Å². The third kappa shape index (κ3) is 6.61. The summed E-state index contributed by atoms with van der Waals surface area (Å²) < 4.78 is 5.42. The van der Waals surface area contributed by atoms with Crippen LogP contribution in [0.4, 0.5) is 0 Å². The Bertz CT molecular complexity index is 605. The minimum atomic E-state index is -0.953. The number of aliphatic hydroxyl groups is 2. The average Bonchev–Trinajstić information content (AvgIpc) is 2.60. The molecule has 120 valence electrons. The lowest BCUT2D eigenvalue weighted by molar-refractivity contribution is -0.0248. The molecule has 0 saturated carbocycles. The van der Waals surface area contributed by atoms with Crippen LogP contribution in [0.3, 0.4) is 0 Å². The van der Waals surface area contributed by atoms with Gasteiger partial charge in [-0.05, 0) is 11.1 Å². The summed E-state index contributed by atoms with van der Waals surface area (Å²) in [6.45, 7) is 0.505. The molecule has 23 heavy (non-hydrogen) atoms. The topological polar surface area (TPSA) is 49.7 Å². The van der Waals surface area contributed by atoms with Crippen molar-refractivity contribution < 1.29 is 14.9 Å². The normalized spacial score (nSPS) is 14.3. The van der Waals surface area contributed by atoms with Crippen molar-refractivity contribution >= 4 is 6.08 Å². The van der Waals surface area contributed by atoms with Gasteiger partial charge in [0.2, 0.25) is 0 Å². The first-order valence-electron chi connectivity index (χ1n) is 7.63. The number of hydrogen-bond donors (Lipinski definition) is 2. The highest BCUT2D eigenvalue weighted by Crippen LogP contribution is 2.04. The van der Waals surface area contributed by atoms with E-state index in [2.05, 4.69) is 0 Å². The van der Waals surface area contributed by atoms with Crippen LogP contribution in [-0.4, -0.2) is 29.0 Å². The summed E-state index contributed by atoms with van der Waals surface area (Å²) in [6, 6.07) is 19.6. The molecular formula is C20H22O3.